The molecule has 0 amide bonds. The monoisotopic (exact) mass is 441 g/mol. The van der Waals surface area contributed by atoms with Gasteiger partial charge in [0.25, 0.3) is 0 Å². The van der Waals surface area contributed by atoms with Crippen LogP contribution in [0.2, 0.25) is 0 Å². The van der Waals surface area contributed by atoms with Gasteiger partial charge in [-0.25, -0.2) is 4.98 Å². The normalized spacial score (nSPS) is 19.2. The average molecular weight is 442 g/mol. The first-order valence-electron chi connectivity index (χ1n) is 12.0. The predicted octanol–water partition coefficient (Wildman–Crippen LogP) is 4.19. The van der Waals surface area contributed by atoms with E-state index >= 15 is 0 Å². The summed E-state index contributed by atoms with van der Waals surface area (Å²) in [7, 11) is 2.13. The lowest BCUT2D eigenvalue weighted by molar-refractivity contribution is -0.137. The van der Waals surface area contributed by atoms with Crippen molar-refractivity contribution in [2.45, 2.75) is 63.7 Å². The van der Waals surface area contributed by atoms with Crippen LogP contribution in [0, 0.1) is 5.92 Å². The molecule has 1 unspecified atom stereocenters. The maximum absolute atomic E-state index is 11.4. The Morgan fingerprint density at radius 3 is 2.66 bits per heavy atom. The first-order valence-corrected chi connectivity index (χ1v) is 12.0. The summed E-state index contributed by atoms with van der Waals surface area (Å²) in [6, 6.07) is 3.96. The number of anilines is 1. The smallest absolute Gasteiger partial charge is 0.304 e. The Morgan fingerprint density at radius 2 is 1.97 bits per heavy atom. The number of pyridine rings is 1. The molecule has 2 aromatic heterocycles. The molecule has 0 radical (unpaired) electrons. The van der Waals surface area contributed by atoms with Crippen LogP contribution in [-0.2, 0) is 4.79 Å². The van der Waals surface area contributed by atoms with E-state index in [0.717, 1.165) is 62.7 Å². The summed E-state index contributed by atoms with van der Waals surface area (Å²) in [5.74, 6) is 1.57. The molecular weight excluding hydrogens is 406 g/mol. The van der Waals surface area contributed by atoms with Gasteiger partial charge in [0, 0.05) is 43.9 Å². The van der Waals surface area contributed by atoms with Crippen molar-refractivity contribution in [1.29, 1.82) is 0 Å². The van der Waals surface area contributed by atoms with E-state index in [1.165, 1.54) is 32.1 Å². The Balaban J connectivity index is 1.37. The largest absolute Gasteiger partial charge is 0.481 e. The van der Waals surface area contributed by atoms with Crippen molar-refractivity contribution in [3.05, 3.63) is 24.2 Å². The van der Waals surface area contributed by atoms with E-state index in [4.69, 9.17) is 4.52 Å². The van der Waals surface area contributed by atoms with Crippen LogP contribution in [0.3, 0.4) is 0 Å². The minimum Gasteiger partial charge on any atom is -0.481 e. The number of piperazine rings is 1. The van der Waals surface area contributed by atoms with Crippen molar-refractivity contribution in [2.75, 3.05) is 38.1 Å². The minimum absolute atomic E-state index is 0.0207. The Morgan fingerprint density at radius 1 is 1.19 bits per heavy atom. The highest BCUT2D eigenvalue weighted by Crippen LogP contribution is 2.31. The number of carboxylic acid groups (broad SMARTS) is 1. The molecule has 1 atom stereocenters. The molecule has 4 rings (SSSR count). The van der Waals surface area contributed by atoms with Crippen LogP contribution in [0.4, 0.5) is 5.82 Å². The van der Waals surface area contributed by atoms with Crippen molar-refractivity contribution >= 4 is 11.8 Å². The molecule has 2 fully saturated rings. The van der Waals surface area contributed by atoms with Gasteiger partial charge in [0.1, 0.15) is 5.82 Å². The summed E-state index contributed by atoms with van der Waals surface area (Å²) in [5, 5.41) is 13.5. The van der Waals surface area contributed by atoms with Gasteiger partial charge < -0.3 is 19.4 Å². The zero-order valence-corrected chi connectivity index (χ0v) is 19.1. The number of carbonyl (C=O) groups is 1. The van der Waals surface area contributed by atoms with Gasteiger partial charge in [-0.3, -0.25) is 4.79 Å². The molecule has 1 N–H and O–H groups in total. The average Bonchev–Trinajstić information content (AvgIpc) is 3.30. The Hall–Kier alpha value is -2.48. The fourth-order valence-electron chi connectivity index (χ4n) is 4.91. The van der Waals surface area contributed by atoms with Gasteiger partial charge >= 0.3 is 5.97 Å². The van der Waals surface area contributed by atoms with Crippen LogP contribution in [0.1, 0.15) is 69.6 Å². The Bertz CT molecular complexity index is 855. The van der Waals surface area contributed by atoms with Crippen LogP contribution in [0.5, 0.6) is 0 Å². The van der Waals surface area contributed by atoms with Crippen LogP contribution in [-0.4, -0.2) is 64.3 Å². The number of nitrogens with zero attached hydrogens (tertiary/aromatic N) is 5. The molecule has 1 aliphatic heterocycles. The van der Waals surface area contributed by atoms with E-state index in [-0.39, 0.29) is 12.3 Å². The van der Waals surface area contributed by atoms with Crippen LogP contribution >= 0.6 is 0 Å². The molecule has 0 spiro atoms. The van der Waals surface area contributed by atoms with E-state index in [2.05, 4.69) is 32.0 Å². The summed E-state index contributed by atoms with van der Waals surface area (Å²) < 4.78 is 5.51. The van der Waals surface area contributed by atoms with Crippen molar-refractivity contribution in [3.8, 4) is 11.4 Å². The molecule has 174 valence electrons. The molecule has 8 nitrogen and oxygen atoms in total. The second kappa shape index (κ2) is 10.9. The number of aromatic nitrogens is 3. The fourth-order valence-corrected chi connectivity index (χ4v) is 4.91. The SMILES string of the molecule is CN1CCN(c2ccc(-c3noc(C(CCCC4CCCCC4)CC(=O)O)n3)cn2)CC1. The molecule has 0 bridgehead atoms. The Kier molecular flexibility index (Phi) is 7.73. The van der Waals surface area contributed by atoms with Gasteiger partial charge in [-0.15, -0.1) is 0 Å². The lowest BCUT2D eigenvalue weighted by Gasteiger charge is -2.33. The highest BCUT2D eigenvalue weighted by atomic mass is 16.5. The molecule has 1 saturated carbocycles. The molecule has 32 heavy (non-hydrogen) atoms. The summed E-state index contributed by atoms with van der Waals surface area (Å²) in [6.45, 7) is 3.99. The van der Waals surface area contributed by atoms with Gasteiger partial charge in [0.05, 0.1) is 6.42 Å². The second-order valence-corrected chi connectivity index (χ2v) is 9.38. The molecule has 2 aromatic rings. The van der Waals surface area contributed by atoms with E-state index in [1.54, 1.807) is 6.20 Å². The fraction of sp³-hybridized carbons (Fsp3) is 0.667. The summed E-state index contributed by atoms with van der Waals surface area (Å²) >= 11 is 0. The second-order valence-electron chi connectivity index (χ2n) is 9.38. The van der Waals surface area contributed by atoms with Gasteiger partial charge in [0.15, 0.2) is 0 Å². The maximum atomic E-state index is 11.4. The lowest BCUT2D eigenvalue weighted by atomic mass is 9.84. The quantitative estimate of drug-likeness (QED) is 0.619. The third-order valence-corrected chi connectivity index (χ3v) is 6.94. The molecule has 8 heteroatoms. The van der Waals surface area contributed by atoms with Gasteiger partial charge in [0.2, 0.25) is 11.7 Å². The van der Waals surface area contributed by atoms with Crippen molar-refractivity contribution in [2.24, 2.45) is 5.92 Å². The number of hydrogen-bond acceptors (Lipinski definition) is 7. The highest BCUT2D eigenvalue weighted by Gasteiger charge is 2.24. The third-order valence-electron chi connectivity index (χ3n) is 6.94. The molecular formula is C24H35N5O3. The van der Waals surface area contributed by atoms with Crippen molar-refractivity contribution in [1.82, 2.24) is 20.0 Å². The zero-order chi connectivity index (χ0) is 22.3. The standard InChI is InChI=1S/C24H35N5O3/c1-28-12-14-29(15-13-28)21-11-10-20(17-25-21)23-26-24(32-27-23)19(16-22(30)31)9-5-8-18-6-3-2-4-7-18/h10-11,17-19H,2-9,12-16H2,1H3,(H,30,31). The third kappa shape index (κ3) is 6.06. The summed E-state index contributed by atoms with van der Waals surface area (Å²) in [6.07, 6.45) is 11.4. The maximum Gasteiger partial charge on any atom is 0.304 e. The highest BCUT2D eigenvalue weighted by molar-refractivity contribution is 5.67. The van der Waals surface area contributed by atoms with Gasteiger partial charge in [-0.05, 0) is 31.5 Å². The zero-order valence-electron chi connectivity index (χ0n) is 19.1. The summed E-state index contributed by atoms with van der Waals surface area (Å²) in [5.41, 5.74) is 0.786. The van der Waals surface area contributed by atoms with E-state index < -0.39 is 5.97 Å². The molecule has 2 aliphatic rings. The number of carboxylic acids is 1. The molecule has 3 heterocycles. The minimum atomic E-state index is -0.828. The number of hydrogen-bond donors (Lipinski definition) is 1. The first-order chi connectivity index (χ1) is 15.6. The van der Waals surface area contributed by atoms with E-state index in [0.29, 0.717) is 11.7 Å². The van der Waals surface area contributed by atoms with Crippen LogP contribution in [0.25, 0.3) is 11.4 Å². The lowest BCUT2D eigenvalue weighted by Crippen LogP contribution is -2.44. The first kappa shape index (κ1) is 22.7. The molecule has 0 aromatic carbocycles. The van der Waals surface area contributed by atoms with E-state index in [1.807, 2.05) is 12.1 Å². The summed E-state index contributed by atoms with van der Waals surface area (Å²) in [4.78, 5) is 25.2. The Labute approximate surface area is 190 Å². The van der Waals surface area contributed by atoms with Crippen LogP contribution < -0.4 is 4.90 Å². The number of aliphatic carboxylic acids is 1. The van der Waals surface area contributed by atoms with Crippen LogP contribution in [0.15, 0.2) is 22.9 Å². The molecule has 1 aliphatic carbocycles. The van der Waals surface area contributed by atoms with E-state index in [9.17, 15) is 9.90 Å². The topological polar surface area (TPSA) is 95.6 Å². The number of likely N-dealkylation sites (N-methyl/N-ethyl adjacent to an activating group) is 1. The van der Waals surface area contributed by atoms with Crippen molar-refractivity contribution in [3.63, 3.8) is 0 Å². The van der Waals surface area contributed by atoms with Gasteiger partial charge in [-0.2, -0.15) is 4.98 Å². The van der Waals surface area contributed by atoms with Gasteiger partial charge in [-0.1, -0.05) is 50.1 Å². The predicted molar refractivity (Wildman–Crippen MR) is 123 cm³/mol. The molecule has 1 saturated heterocycles. The van der Waals surface area contributed by atoms with Crippen molar-refractivity contribution < 1.29 is 14.4 Å². The number of rotatable bonds is 9.